The molecule has 8 heteroatoms. The highest BCUT2D eigenvalue weighted by Gasteiger charge is 2.15. The van der Waals surface area contributed by atoms with Crippen LogP contribution in [-0.4, -0.2) is 13.1 Å². The average molecular weight is 346 g/mol. The first-order chi connectivity index (χ1) is 10.4. The van der Waals surface area contributed by atoms with Crippen molar-refractivity contribution in [1.29, 1.82) is 0 Å². The van der Waals surface area contributed by atoms with Crippen LogP contribution in [0.25, 0.3) is 11.3 Å². The number of benzene rings is 1. The van der Waals surface area contributed by atoms with E-state index in [0.29, 0.717) is 0 Å². The first-order valence-corrected chi connectivity index (χ1v) is 8.88. The van der Waals surface area contributed by atoms with E-state index in [0.717, 1.165) is 29.3 Å². The molecule has 22 heavy (non-hydrogen) atoms. The van der Waals surface area contributed by atoms with Crippen LogP contribution in [0.2, 0.25) is 0 Å². The Balaban J connectivity index is 0.000000309. The lowest BCUT2D eigenvalue weighted by Gasteiger charge is -2.17. The third kappa shape index (κ3) is 5.88. The Kier molecular flexibility index (Phi) is 6.13. The van der Waals surface area contributed by atoms with Crippen LogP contribution in [0.5, 0.6) is 0 Å². The molecule has 1 saturated heterocycles. The molecule has 1 fully saturated rings. The predicted molar refractivity (Wildman–Crippen MR) is 70.9 cm³/mol. The maximum absolute atomic E-state index is 8.49. The molecule has 1 aliphatic rings. The van der Waals surface area contributed by atoms with Gasteiger partial charge in [-0.05, 0) is 17.8 Å². The third-order valence-corrected chi connectivity index (χ3v) is 4.01. The van der Waals surface area contributed by atoms with E-state index >= 15 is 0 Å². The number of rotatable bonds is 1. The molecule has 120 valence electrons. The van der Waals surface area contributed by atoms with Crippen molar-refractivity contribution in [1.82, 2.24) is 4.58 Å². The minimum atomic E-state index is -4.94. The van der Waals surface area contributed by atoms with Crippen molar-refractivity contribution in [2.75, 3.05) is 13.1 Å². The van der Waals surface area contributed by atoms with Gasteiger partial charge in [0.2, 0.25) is 0 Å². The minimum absolute atomic E-state index is 0.983. The minimum Gasteiger partial charge on any atom is -0.396 e. The first kappa shape index (κ1) is 17.1. The number of hydrogen-bond donors (Lipinski definition) is 0. The van der Waals surface area contributed by atoms with Crippen molar-refractivity contribution in [2.45, 2.75) is 19.3 Å². The Morgan fingerprint density at radius 3 is 2.14 bits per heavy atom. The monoisotopic (exact) mass is 345 g/mol. The van der Waals surface area contributed by atoms with Crippen LogP contribution in [0, 0.1) is 10.2 Å². The standard InChI is InChI=1S/C14H16NOS.ClHO4/c1-3-7-12(8-4-1)13-11-17-14(16-13)15-9-5-2-6-10-15;2-1(3,4)5/h1,3-4,7-8,11H,2,5-6,9-10H2;(H,2,3,4,5)/q+1;/p-1. The molecule has 0 amide bonds. The van der Waals surface area contributed by atoms with Crippen LogP contribution in [0.4, 0.5) is 0 Å². The second-order valence-electron chi connectivity index (χ2n) is 4.76. The molecular weight excluding hydrogens is 330 g/mol. The molecule has 0 radical (unpaired) electrons. The summed E-state index contributed by atoms with van der Waals surface area (Å²) in [6.07, 6.45) is 3.93. The molecular formula is C14H16ClNO5S. The Morgan fingerprint density at radius 2 is 1.55 bits per heavy atom. The maximum atomic E-state index is 8.49. The number of piperidine rings is 1. The van der Waals surface area contributed by atoms with Crippen LogP contribution in [-0.2, 0) is 0 Å². The van der Waals surface area contributed by atoms with Crippen LogP contribution in [0.1, 0.15) is 19.3 Å². The van der Waals surface area contributed by atoms with Crippen molar-refractivity contribution in [3.05, 3.63) is 40.6 Å². The molecule has 0 atom stereocenters. The molecule has 0 aliphatic carbocycles. The van der Waals surface area contributed by atoms with Crippen molar-refractivity contribution in [2.24, 2.45) is 0 Å². The molecule has 0 saturated carbocycles. The Hall–Kier alpha value is -1.22. The molecule has 0 N–H and O–H groups in total. The molecule has 2 heterocycles. The van der Waals surface area contributed by atoms with E-state index in [1.807, 2.05) is 18.2 Å². The van der Waals surface area contributed by atoms with E-state index in [9.17, 15) is 0 Å². The van der Waals surface area contributed by atoms with Crippen LogP contribution in [0.15, 0.2) is 40.1 Å². The highest BCUT2D eigenvalue weighted by molar-refractivity contribution is 7.07. The Bertz CT molecular complexity index is 633. The molecule has 1 aromatic heterocycles. The fraction of sp³-hybridized carbons (Fsp3) is 0.357. The van der Waals surface area contributed by atoms with Gasteiger partial charge < -0.3 is 4.42 Å². The smallest absolute Gasteiger partial charge is 0.396 e. The molecule has 2 aromatic rings. The van der Waals surface area contributed by atoms with Gasteiger partial charge in [0, 0.05) is 23.8 Å². The summed E-state index contributed by atoms with van der Waals surface area (Å²) in [7, 11) is -4.94. The predicted octanol–water partition coefficient (Wildman–Crippen LogP) is -1.79. The van der Waals surface area contributed by atoms with Crippen molar-refractivity contribution in [3.63, 3.8) is 0 Å². The fourth-order valence-corrected chi connectivity index (χ4v) is 3.05. The summed E-state index contributed by atoms with van der Waals surface area (Å²) < 4.78 is 42.3. The van der Waals surface area contributed by atoms with Crippen LogP contribution >= 0.6 is 11.3 Å². The fourth-order valence-electron chi connectivity index (χ4n) is 2.19. The highest BCUT2D eigenvalue weighted by Crippen LogP contribution is 2.18. The lowest BCUT2D eigenvalue weighted by molar-refractivity contribution is -2.00. The zero-order valence-corrected chi connectivity index (χ0v) is 13.3. The third-order valence-electron chi connectivity index (χ3n) is 3.14. The summed E-state index contributed by atoms with van der Waals surface area (Å²) >= 11 is 1.71. The van der Waals surface area contributed by atoms with Gasteiger partial charge in [0.25, 0.3) is 0 Å². The average Bonchev–Trinajstić information content (AvgIpc) is 2.97. The van der Waals surface area contributed by atoms with Gasteiger partial charge in [-0.15, -0.1) is 10.2 Å². The SMILES string of the molecule is [O-][Cl+3]([O-])([O-])[O-].c1ccc(-c2csc(=[N+]3CCCCC3)o2)cc1. The van der Waals surface area contributed by atoms with E-state index in [4.69, 9.17) is 23.1 Å². The normalized spacial score (nSPS) is 15.2. The lowest BCUT2D eigenvalue weighted by Crippen LogP contribution is -2.68. The van der Waals surface area contributed by atoms with Gasteiger partial charge in [-0.2, -0.15) is 4.58 Å². The summed E-state index contributed by atoms with van der Waals surface area (Å²) in [5.41, 5.74) is 1.16. The van der Waals surface area contributed by atoms with Crippen molar-refractivity contribution in [3.8, 4) is 11.3 Å². The summed E-state index contributed by atoms with van der Waals surface area (Å²) in [6.45, 7) is 2.27. The van der Waals surface area contributed by atoms with E-state index in [1.54, 1.807) is 11.3 Å². The summed E-state index contributed by atoms with van der Waals surface area (Å²) in [5.74, 6) is 0.983. The van der Waals surface area contributed by atoms with Crippen LogP contribution < -0.4 is 28.1 Å². The number of halogens is 1. The maximum Gasteiger partial charge on any atom is 0.430 e. The van der Waals surface area contributed by atoms with Gasteiger partial charge in [0.1, 0.15) is 13.1 Å². The summed E-state index contributed by atoms with van der Waals surface area (Å²) in [6, 6.07) is 10.3. The first-order valence-electron chi connectivity index (χ1n) is 6.77. The lowest BCUT2D eigenvalue weighted by atomic mass is 10.2. The molecule has 3 rings (SSSR count). The molecule has 6 nitrogen and oxygen atoms in total. The van der Waals surface area contributed by atoms with Crippen molar-refractivity contribution >= 4 is 11.3 Å². The van der Waals surface area contributed by atoms with Gasteiger partial charge in [-0.3, -0.25) is 0 Å². The topological polar surface area (TPSA) is 108 Å². The van der Waals surface area contributed by atoms with E-state index in [-0.39, 0.29) is 0 Å². The zero-order valence-electron chi connectivity index (χ0n) is 11.8. The summed E-state index contributed by atoms with van der Waals surface area (Å²) in [4.78, 5) is 1.06. The van der Waals surface area contributed by atoms with Gasteiger partial charge in [-0.25, -0.2) is 18.6 Å². The van der Waals surface area contributed by atoms with Crippen molar-refractivity contribution < 1.29 is 33.3 Å². The zero-order chi connectivity index (χ0) is 16.0. The Morgan fingerprint density at radius 1 is 0.955 bits per heavy atom. The Labute approximate surface area is 134 Å². The quantitative estimate of drug-likeness (QED) is 0.567. The number of nitrogens with zero attached hydrogens (tertiary/aromatic N) is 1. The second kappa shape index (κ2) is 7.87. The molecule has 1 aromatic carbocycles. The molecule has 0 unspecified atom stereocenters. The molecule has 1 aliphatic heterocycles. The van der Waals surface area contributed by atoms with Crippen LogP contribution in [0.3, 0.4) is 0 Å². The van der Waals surface area contributed by atoms with Gasteiger partial charge in [0.15, 0.2) is 5.76 Å². The van der Waals surface area contributed by atoms with E-state index in [1.165, 1.54) is 19.3 Å². The van der Waals surface area contributed by atoms with Gasteiger partial charge in [-0.1, -0.05) is 30.3 Å². The molecule has 0 spiro atoms. The largest absolute Gasteiger partial charge is 0.430 e. The van der Waals surface area contributed by atoms with E-state index in [2.05, 4.69) is 22.1 Å². The van der Waals surface area contributed by atoms with Gasteiger partial charge in [0.05, 0.1) is 0 Å². The highest BCUT2D eigenvalue weighted by atomic mass is 35.7. The molecule has 0 bridgehead atoms. The van der Waals surface area contributed by atoms with Gasteiger partial charge >= 0.3 is 4.87 Å². The van der Waals surface area contributed by atoms with E-state index < -0.39 is 10.2 Å². The summed E-state index contributed by atoms with van der Waals surface area (Å²) in [5, 5.41) is 2.11. The second-order valence-corrected chi connectivity index (χ2v) is 6.34. The number of hydrogen-bond acceptors (Lipinski definition) is 6.